The SMILES string of the molecule is NC(=O)c1cccc2c1c1ccc(-c3cccs3)cc1n2Cc1cccc(C(=O)c2ccccc2)c1. The van der Waals surface area contributed by atoms with Gasteiger partial charge in [0.25, 0.3) is 0 Å². The van der Waals surface area contributed by atoms with Crippen LogP contribution in [0.4, 0.5) is 0 Å². The van der Waals surface area contributed by atoms with Crippen LogP contribution in [0.2, 0.25) is 0 Å². The third-order valence-electron chi connectivity index (χ3n) is 6.53. The van der Waals surface area contributed by atoms with Crippen LogP contribution in [0.25, 0.3) is 32.2 Å². The van der Waals surface area contributed by atoms with Gasteiger partial charge in [0.05, 0.1) is 11.0 Å². The molecule has 0 atom stereocenters. The predicted molar refractivity (Wildman–Crippen MR) is 147 cm³/mol. The minimum atomic E-state index is -0.447. The normalized spacial score (nSPS) is 11.2. The van der Waals surface area contributed by atoms with E-state index >= 15 is 0 Å². The smallest absolute Gasteiger partial charge is 0.249 e. The van der Waals surface area contributed by atoms with Gasteiger partial charge in [0.1, 0.15) is 0 Å². The van der Waals surface area contributed by atoms with Crippen LogP contribution in [0.3, 0.4) is 0 Å². The summed E-state index contributed by atoms with van der Waals surface area (Å²) in [5, 5.41) is 3.90. The highest BCUT2D eigenvalue weighted by Gasteiger charge is 2.18. The van der Waals surface area contributed by atoms with Crippen molar-refractivity contribution in [2.45, 2.75) is 6.54 Å². The summed E-state index contributed by atoms with van der Waals surface area (Å²) >= 11 is 1.69. The Bertz CT molecular complexity index is 1750. The van der Waals surface area contributed by atoms with Crippen LogP contribution in [-0.4, -0.2) is 16.3 Å². The fourth-order valence-electron chi connectivity index (χ4n) is 4.87. The molecule has 36 heavy (non-hydrogen) atoms. The minimum Gasteiger partial charge on any atom is -0.366 e. The number of hydrogen-bond acceptors (Lipinski definition) is 3. The first-order valence-electron chi connectivity index (χ1n) is 11.7. The summed E-state index contributed by atoms with van der Waals surface area (Å²) in [5.74, 6) is -0.451. The van der Waals surface area contributed by atoms with Gasteiger partial charge in [-0.3, -0.25) is 9.59 Å². The summed E-state index contributed by atoms with van der Waals surface area (Å²) in [6.07, 6.45) is 0. The molecule has 0 saturated carbocycles. The van der Waals surface area contributed by atoms with Crippen molar-refractivity contribution in [3.63, 3.8) is 0 Å². The highest BCUT2D eigenvalue weighted by atomic mass is 32.1. The average molecular weight is 487 g/mol. The highest BCUT2D eigenvalue weighted by Crippen LogP contribution is 2.36. The molecule has 4 nitrogen and oxygen atoms in total. The number of rotatable bonds is 6. The molecule has 0 unspecified atom stereocenters. The van der Waals surface area contributed by atoms with E-state index in [4.69, 9.17) is 5.73 Å². The maximum absolute atomic E-state index is 13.1. The van der Waals surface area contributed by atoms with Gasteiger partial charge in [-0.1, -0.05) is 72.8 Å². The quantitative estimate of drug-likeness (QED) is 0.260. The van der Waals surface area contributed by atoms with Crippen molar-refractivity contribution in [2.24, 2.45) is 5.73 Å². The number of hydrogen-bond donors (Lipinski definition) is 1. The predicted octanol–water partition coefficient (Wildman–Crippen LogP) is 6.90. The van der Waals surface area contributed by atoms with E-state index in [2.05, 4.69) is 34.2 Å². The summed E-state index contributed by atoms with van der Waals surface area (Å²) < 4.78 is 2.21. The maximum Gasteiger partial charge on any atom is 0.249 e. The fourth-order valence-corrected chi connectivity index (χ4v) is 5.59. The Hall–Kier alpha value is -4.48. The Morgan fingerprint density at radius 2 is 1.56 bits per heavy atom. The third-order valence-corrected chi connectivity index (χ3v) is 7.45. The lowest BCUT2D eigenvalue weighted by atomic mass is 10.0. The molecular formula is C31H22N2O2S. The fraction of sp³-hybridized carbons (Fsp3) is 0.0323. The first-order valence-corrected chi connectivity index (χ1v) is 12.6. The number of amides is 1. The van der Waals surface area contributed by atoms with Crippen molar-refractivity contribution in [1.29, 1.82) is 0 Å². The van der Waals surface area contributed by atoms with Gasteiger partial charge in [-0.2, -0.15) is 0 Å². The monoisotopic (exact) mass is 486 g/mol. The van der Waals surface area contributed by atoms with Gasteiger partial charge in [0.15, 0.2) is 5.78 Å². The van der Waals surface area contributed by atoms with Crippen LogP contribution in [0.15, 0.2) is 109 Å². The van der Waals surface area contributed by atoms with Crippen molar-refractivity contribution in [2.75, 3.05) is 0 Å². The summed E-state index contributed by atoms with van der Waals surface area (Å²) in [5.41, 5.74) is 11.7. The van der Waals surface area contributed by atoms with Crippen molar-refractivity contribution in [3.8, 4) is 10.4 Å². The Kier molecular flexibility index (Phi) is 5.47. The lowest BCUT2D eigenvalue weighted by Crippen LogP contribution is -2.11. The van der Waals surface area contributed by atoms with Crippen LogP contribution in [0, 0.1) is 0 Å². The Labute approximate surface area is 212 Å². The van der Waals surface area contributed by atoms with Crippen molar-refractivity contribution >= 4 is 44.8 Å². The maximum atomic E-state index is 13.1. The van der Waals surface area contributed by atoms with Crippen LogP contribution >= 0.6 is 11.3 Å². The number of nitrogens with two attached hydrogens (primary N) is 1. The molecule has 0 spiro atoms. The molecule has 0 saturated heterocycles. The zero-order valence-electron chi connectivity index (χ0n) is 19.3. The first-order chi connectivity index (χ1) is 17.6. The Morgan fingerprint density at radius 1 is 0.750 bits per heavy atom. The number of primary amides is 1. The van der Waals surface area contributed by atoms with Gasteiger partial charge in [-0.25, -0.2) is 0 Å². The Balaban J connectivity index is 1.52. The summed E-state index contributed by atoms with van der Waals surface area (Å²) in [6, 6.07) is 33.2. The average Bonchev–Trinajstić information content (AvgIpc) is 3.56. The zero-order valence-corrected chi connectivity index (χ0v) is 20.2. The molecule has 1 amide bonds. The molecule has 2 aromatic heterocycles. The van der Waals surface area contributed by atoms with Crippen LogP contribution in [0.5, 0.6) is 0 Å². The summed E-state index contributed by atoms with van der Waals surface area (Å²) in [7, 11) is 0. The number of aromatic nitrogens is 1. The van der Waals surface area contributed by atoms with E-state index in [1.165, 1.54) is 4.88 Å². The first kappa shape index (κ1) is 22.0. The molecule has 6 rings (SSSR count). The van der Waals surface area contributed by atoms with Crippen LogP contribution in [0.1, 0.15) is 31.8 Å². The van der Waals surface area contributed by atoms with E-state index in [1.54, 1.807) is 17.4 Å². The second kappa shape index (κ2) is 8.95. The second-order valence-electron chi connectivity index (χ2n) is 8.75. The molecule has 0 bridgehead atoms. The molecule has 2 N–H and O–H groups in total. The van der Waals surface area contributed by atoms with Gasteiger partial charge in [0.2, 0.25) is 5.91 Å². The number of thiophene rings is 1. The molecular weight excluding hydrogens is 464 g/mol. The summed E-state index contributed by atoms with van der Waals surface area (Å²) in [4.78, 5) is 26.6. The second-order valence-corrected chi connectivity index (χ2v) is 9.70. The van der Waals surface area contributed by atoms with Crippen LogP contribution in [-0.2, 0) is 6.54 Å². The Morgan fingerprint density at radius 3 is 2.33 bits per heavy atom. The summed E-state index contributed by atoms with van der Waals surface area (Å²) in [6.45, 7) is 0.548. The lowest BCUT2D eigenvalue weighted by molar-refractivity contribution is 0.1000. The topological polar surface area (TPSA) is 65.1 Å². The van der Waals surface area contributed by atoms with Crippen molar-refractivity contribution < 1.29 is 9.59 Å². The molecule has 6 aromatic rings. The molecule has 5 heteroatoms. The number of fused-ring (bicyclic) bond motifs is 3. The number of benzene rings is 4. The molecule has 4 aromatic carbocycles. The molecule has 0 fully saturated rings. The van der Waals surface area contributed by atoms with E-state index in [0.29, 0.717) is 23.2 Å². The zero-order chi connectivity index (χ0) is 24.6. The number of carbonyl (C=O) groups is 2. The molecule has 0 aliphatic heterocycles. The van der Waals surface area contributed by atoms with Gasteiger partial charge in [-0.05, 0) is 46.8 Å². The standard InChI is InChI=1S/C31H22N2O2S/c32-31(35)25-11-5-12-26-29(25)24-15-14-22(28-13-6-16-36-28)18-27(24)33(26)19-20-7-4-10-23(17-20)30(34)21-8-2-1-3-9-21/h1-18H,19H2,(H2,32,35). The molecule has 0 aliphatic rings. The van der Waals surface area contributed by atoms with Crippen molar-refractivity contribution in [1.82, 2.24) is 4.57 Å². The lowest BCUT2D eigenvalue weighted by Gasteiger charge is -2.10. The largest absolute Gasteiger partial charge is 0.366 e. The minimum absolute atomic E-state index is 0.00401. The van der Waals surface area contributed by atoms with Gasteiger partial charge in [-0.15, -0.1) is 11.3 Å². The van der Waals surface area contributed by atoms with Gasteiger partial charge >= 0.3 is 0 Å². The molecule has 174 valence electrons. The van der Waals surface area contributed by atoms with E-state index in [9.17, 15) is 9.59 Å². The molecule has 2 heterocycles. The highest BCUT2D eigenvalue weighted by molar-refractivity contribution is 7.13. The van der Waals surface area contributed by atoms with E-state index in [1.807, 2.05) is 72.8 Å². The van der Waals surface area contributed by atoms with Crippen LogP contribution < -0.4 is 5.73 Å². The van der Waals surface area contributed by atoms with E-state index < -0.39 is 5.91 Å². The number of carbonyl (C=O) groups excluding carboxylic acids is 2. The number of ketones is 1. The van der Waals surface area contributed by atoms with Gasteiger partial charge in [0, 0.05) is 38.9 Å². The number of nitrogens with zero attached hydrogens (tertiary/aromatic N) is 1. The van der Waals surface area contributed by atoms with E-state index in [0.717, 1.165) is 32.9 Å². The van der Waals surface area contributed by atoms with Gasteiger partial charge < -0.3 is 10.3 Å². The molecule has 0 radical (unpaired) electrons. The van der Waals surface area contributed by atoms with E-state index in [-0.39, 0.29) is 5.78 Å². The molecule has 0 aliphatic carbocycles. The third kappa shape index (κ3) is 3.80. The van der Waals surface area contributed by atoms with Crippen molar-refractivity contribution in [3.05, 3.63) is 131 Å².